The van der Waals surface area contributed by atoms with Gasteiger partial charge in [0.1, 0.15) is 42.1 Å². The lowest BCUT2D eigenvalue weighted by Crippen LogP contribution is -2.50. The molecule has 0 spiro atoms. The fourth-order valence-electron chi connectivity index (χ4n) is 7.95. The van der Waals surface area contributed by atoms with Crippen LogP contribution >= 0.6 is 0 Å². The van der Waals surface area contributed by atoms with Gasteiger partial charge in [0.05, 0.1) is 29.2 Å². The van der Waals surface area contributed by atoms with Crippen LogP contribution in [0.2, 0.25) is 0 Å². The molecule has 6 heterocycles. The van der Waals surface area contributed by atoms with Crippen LogP contribution in [0.5, 0.6) is 6.01 Å². The topological polar surface area (TPSA) is 103 Å². The van der Waals surface area contributed by atoms with Crippen LogP contribution in [-0.4, -0.2) is 91.9 Å². The number of anilines is 1. The van der Waals surface area contributed by atoms with Gasteiger partial charge in [-0.25, -0.2) is 13.2 Å². The highest BCUT2D eigenvalue weighted by Crippen LogP contribution is 2.49. The van der Waals surface area contributed by atoms with Crippen LogP contribution in [0, 0.1) is 12.7 Å². The molecule has 0 amide bonds. The number of fused-ring (bicyclic) bond motifs is 3. The number of rotatable bonds is 7. The molecule has 44 heavy (non-hydrogen) atoms. The van der Waals surface area contributed by atoms with E-state index < -0.39 is 29.8 Å². The summed E-state index contributed by atoms with van der Waals surface area (Å²) in [5.41, 5.74) is 1.89. The van der Waals surface area contributed by atoms with Gasteiger partial charge in [0, 0.05) is 36.7 Å². The van der Waals surface area contributed by atoms with E-state index in [1.807, 2.05) is 13.0 Å². The number of piperidine rings is 1. The smallest absolute Gasteiger partial charge is 0.319 e. The maximum absolute atomic E-state index is 16.9. The third kappa shape index (κ3) is 4.51. The van der Waals surface area contributed by atoms with Crippen molar-refractivity contribution in [3.63, 3.8) is 0 Å². The predicted octanol–water partition coefficient (Wildman–Crippen LogP) is 5.15. The molecule has 1 aromatic carbocycles. The zero-order valence-electron chi connectivity index (χ0n) is 24.8. The molecule has 4 aliphatic rings. The lowest BCUT2D eigenvalue weighted by atomic mass is 9.92. The summed E-state index contributed by atoms with van der Waals surface area (Å²) in [4.78, 5) is 17.9. The number of aryl methyl sites for hydroxylation is 1. The van der Waals surface area contributed by atoms with E-state index in [-0.39, 0.29) is 30.4 Å². The fourth-order valence-corrected chi connectivity index (χ4v) is 7.95. The third-order valence-electron chi connectivity index (χ3n) is 10.2. The zero-order valence-corrected chi connectivity index (χ0v) is 24.8. The van der Waals surface area contributed by atoms with Crippen molar-refractivity contribution < 1.29 is 23.0 Å². The highest BCUT2D eigenvalue weighted by Gasteiger charge is 2.49. The first kappa shape index (κ1) is 28.0. The van der Waals surface area contributed by atoms with Crippen molar-refractivity contribution in [2.24, 2.45) is 0 Å². The van der Waals surface area contributed by atoms with Crippen molar-refractivity contribution in [1.29, 1.82) is 0 Å². The van der Waals surface area contributed by atoms with Crippen molar-refractivity contribution in [1.82, 2.24) is 30.0 Å². The molecule has 3 aromatic heterocycles. The number of aromatic nitrogens is 5. The van der Waals surface area contributed by atoms with E-state index in [1.165, 1.54) is 0 Å². The van der Waals surface area contributed by atoms with Crippen LogP contribution in [0.15, 0.2) is 18.5 Å². The van der Waals surface area contributed by atoms with Gasteiger partial charge in [-0.05, 0) is 75.1 Å². The number of hydrogen-bond acceptors (Lipinski definition) is 8. The Kier molecular flexibility index (Phi) is 6.53. The monoisotopic (exact) mass is 607 g/mol. The molecule has 9 nitrogen and oxygen atoms in total. The summed E-state index contributed by atoms with van der Waals surface area (Å²) in [5.74, 6) is 0.0615. The average Bonchev–Trinajstić information content (AvgIpc) is 3.48. The summed E-state index contributed by atoms with van der Waals surface area (Å²) in [6.07, 6.45) is 7.43. The van der Waals surface area contributed by atoms with Crippen molar-refractivity contribution in [2.45, 2.75) is 75.1 Å². The number of benzene rings is 1. The van der Waals surface area contributed by atoms with Crippen molar-refractivity contribution >= 4 is 27.6 Å². The number of hydrogen-bond donors (Lipinski definition) is 2. The Bertz CT molecular complexity index is 1760. The van der Waals surface area contributed by atoms with Gasteiger partial charge in [-0.1, -0.05) is 0 Å². The predicted molar refractivity (Wildman–Crippen MR) is 160 cm³/mol. The Labute approximate surface area is 252 Å². The van der Waals surface area contributed by atoms with Crippen LogP contribution in [-0.2, 0) is 0 Å². The minimum Gasteiger partial charge on any atom is -0.461 e. The molecule has 0 unspecified atom stereocenters. The first-order chi connectivity index (χ1) is 21.3. The van der Waals surface area contributed by atoms with Gasteiger partial charge in [-0.2, -0.15) is 15.1 Å². The molecule has 232 valence electrons. The number of pyridine rings is 1. The maximum atomic E-state index is 16.9. The standard InChI is InChI=1S/C32H36F3N7O2/c1-18-10-23-21(13-37-40-23)25(24(18)19-4-5-19)28-26(35)27-22(12-36-28)29(41-8-3-7-32(43,15-33)16-41)39-30(38-27)44-17-31-6-2-9-42(31)14-20(34)11-31/h10,12-13,19-20,43H,2-9,11,14-17H2,1H3,(H,37,40)/t20-,31+,32+/m1/s1. The maximum Gasteiger partial charge on any atom is 0.319 e. The highest BCUT2D eigenvalue weighted by atomic mass is 19.1. The van der Waals surface area contributed by atoms with Gasteiger partial charge in [0.25, 0.3) is 0 Å². The van der Waals surface area contributed by atoms with Crippen LogP contribution in [0.4, 0.5) is 19.0 Å². The Morgan fingerprint density at radius 1 is 1.14 bits per heavy atom. The molecule has 0 radical (unpaired) electrons. The molecule has 2 N–H and O–H groups in total. The second-order valence-electron chi connectivity index (χ2n) is 13.3. The second-order valence-corrected chi connectivity index (χ2v) is 13.3. The lowest BCUT2D eigenvalue weighted by Gasteiger charge is -2.38. The Morgan fingerprint density at radius 2 is 1.98 bits per heavy atom. The van der Waals surface area contributed by atoms with Gasteiger partial charge >= 0.3 is 6.01 Å². The Morgan fingerprint density at radius 3 is 2.80 bits per heavy atom. The minimum atomic E-state index is -1.53. The number of H-pyrrole nitrogens is 1. The van der Waals surface area contributed by atoms with Gasteiger partial charge < -0.3 is 14.7 Å². The van der Waals surface area contributed by atoms with E-state index in [2.05, 4.69) is 25.1 Å². The Hall–Kier alpha value is -3.51. The molecule has 4 aromatic rings. The summed E-state index contributed by atoms with van der Waals surface area (Å²) < 4.78 is 51.5. The molecule has 3 saturated heterocycles. The number of nitrogens with zero attached hydrogens (tertiary/aromatic N) is 6. The number of ether oxygens (including phenoxy) is 1. The second kappa shape index (κ2) is 10.3. The van der Waals surface area contributed by atoms with E-state index in [1.54, 1.807) is 17.3 Å². The quantitative estimate of drug-likeness (QED) is 0.298. The highest BCUT2D eigenvalue weighted by molar-refractivity contribution is 5.99. The van der Waals surface area contributed by atoms with E-state index >= 15 is 4.39 Å². The summed E-state index contributed by atoms with van der Waals surface area (Å²) in [7, 11) is 0. The van der Waals surface area contributed by atoms with Gasteiger partial charge in [0.15, 0.2) is 5.82 Å². The minimum absolute atomic E-state index is 0.000972. The summed E-state index contributed by atoms with van der Waals surface area (Å²) >= 11 is 0. The fraction of sp³-hybridized carbons (Fsp3) is 0.562. The molecule has 12 heteroatoms. The normalized spacial score (nSPS) is 27.5. The van der Waals surface area contributed by atoms with E-state index in [9.17, 15) is 13.9 Å². The molecule has 4 fully saturated rings. The number of β-amino-alcohol motifs (C(OH)–C–C–N with tert-alkyl or cyclic N) is 1. The molecule has 3 atom stereocenters. The van der Waals surface area contributed by atoms with Gasteiger partial charge in [-0.15, -0.1) is 0 Å². The number of nitrogens with one attached hydrogen (secondary N) is 1. The van der Waals surface area contributed by atoms with Crippen LogP contribution in [0.1, 0.15) is 62.0 Å². The number of aromatic amines is 1. The summed E-state index contributed by atoms with van der Waals surface area (Å²) in [6, 6.07) is 2.02. The molecule has 3 aliphatic heterocycles. The largest absolute Gasteiger partial charge is 0.461 e. The third-order valence-corrected chi connectivity index (χ3v) is 10.2. The lowest BCUT2D eigenvalue weighted by molar-refractivity contribution is 0.00302. The van der Waals surface area contributed by atoms with E-state index in [4.69, 9.17) is 9.72 Å². The molecular weight excluding hydrogens is 571 g/mol. The number of halogens is 3. The molecular formula is C32H36F3N7O2. The van der Waals surface area contributed by atoms with Crippen molar-refractivity contribution in [3.8, 4) is 17.3 Å². The molecule has 1 saturated carbocycles. The molecule has 1 aliphatic carbocycles. The first-order valence-electron chi connectivity index (χ1n) is 15.7. The summed E-state index contributed by atoms with van der Waals surface area (Å²) in [5, 5.41) is 19.2. The van der Waals surface area contributed by atoms with Crippen molar-refractivity contribution in [3.05, 3.63) is 35.4 Å². The van der Waals surface area contributed by atoms with Crippen LogP contribution in [0.3, 0.4) is 0 Å². The van der Waals surface area contributed by atoms with E-state index in [0.29, 0.717) is 55.0 Å². The van der Waals surface area contributed by atoms with Crippen LogP contribution < -0.4 is 9.64 Å². The van der Waals surface area contributed by atoms with Gasteiger partial charge in [-0.3, -0.25) is 15.0 Å². The number of alkyl halides is 2. The van der Waals surface area contributed by atoms with E-state index in [0.717, 1.165) is 54.3 Å². The average molecular weight is 608 g/mol. The van der Waals surface area contributed by atoms with Gasteiger partial charge in [0.2, 0.25) is 0 Å². The molecule has 8 rings (SSSR count). The van der Waals surface area contributed by atoms with Crippen LogP contribution in [0.25, 0.3) is 33.1 Å². The van der Waals surface area contributed by atoms with Crippen molar-refractivity contribution in [2.75, 3.05) is 44.4 Å². The first-order valence-corrected chi connectivity index (χ1v) is 15.7. The summed E-state index contributed by atoms with van der Waals surface area (Å²) in [6.45, 7) is 3.02. The number of aliphatic hydroxyl groups is 1. The SMILES string of the molecule is Cc1cc2[nH]ncc2c(-c2ncc3c(N4CCC[C@](O)(CF)C4)nc(OC[C@@]45CCCN4C[C@H](F)C5)nc3c2F)c1C1CC1. The zero-order chi connectivity index (χ0) is 30.2. The molecule has 0 bridgehead atoms. The Balaban J connectivity index is 1.27.